The molecule has 0 aliphatic carbocycles. The van der Waals surface area contributed by atoms with Crippen molar-refractivity contribution in [3.63, 3.8) is 0 Å². The highest BCUT2D eigenvalue weighted by Gasteiger charge is 2.05. The van der Waals surface area contributed by atoms with Crippen LogP contribution in [-0.4, -0.2) is 10.9 Å². The van der Waals surface area contributed by atoms with Crippen molar-refractivity contribution in [2.45, 2.75) is 12.8 Å². The topological polar surface area (TPSA) is 12.9 Å². The Morgan fingerprint density at radius 2 is 2.25 bits per heavy atom. The van der Waals surface area contributed by atoms with Gasteiger partial charge < -0.3 is 0 Å². The predicted molar refractivity (Wildman–Crippen MR) is 66.5 cm³/mol. The predicted octanol–water partition coefficient (Wildman–Crippen LogP) is 4.12. The van der Waals surface area contributed by atoms with Gasteiger partial charge in [-0.1, -0.05) is 12.1 Å². The van der Waals surface area contributed by atoms with Crippen LogP contribution in [0.2, 0.25) is 0 Å². The summed E-state index contributed by atoms with van der Waals surface area (Å²) < 4.78 is 13.0. The van der Waals surface area contributed by atoms with Gasteiger partial charge in [0.2, 0.25) is 0 Å². The molecule has 0 atom stereocenters. The number of halogens is 2. The lowest BCUT2D eigenvalue weighted by Gasteiger charge is -1.95. The van der Waals surface area contributed by atoms with E-state index in [1.54, 1.807) is 17.4 Å². The van der Waals surface area contributed by atoms with Crippen molar-refractivity contribution < 1.29 is 4.39 Å². The maximum atomic E-state index is 13.0. The van der Waals surface area contributed by atoms with Crippen LogP contribution in [0.25, 0.3) is 10.6 Å². The minimum absolute atomic E-state index is 0.227. The highest BCUT2D eigenvalue weighted by atomic mass is 35.5. The molecule has 0 aliphatic heterocycles. The summed E-state index contributed by atoms with van der Waals surface area (Å²) in [6, 6.07) is 6.51. The Morgan fingerprint density at radius 3 is 3.00 bits per heavy atom. The molecule has 2 aromatic rings. The van der Waals surface area contributed by atoms with E-state index in [0.717, 1.165) is 29.1 Å². The van der Waals surface area contributed by atoms with Gasteiger partial charge in [0.15, 0.2) is 0 Å². The molecule has 16 heavy (non-hydrogen) atoms. The van der Waals surface area contributed by atoms with Gasteiger partial charge in [0.05, 0.1) is 5.69 Å². The minimum Gasteiger partial charge on any atom is -0.241 e. The Morgan fingerprint density at radius 1 is 1.38 bits per heavy atom. The number of benzene rings is 1. The average molecular weight is 256 g/mol. The number of aromatic nitrogens is 1. The molecule has 0 amide bonds. The number of hydrogen-bond donors (Lipinski definition) is 0. The van der Waals surface area contributed by atoms with Crippen LogP contribution in [0, 0.1) is 5.82 Å². The van der Waals surface area contributed by atoms with Crippen LogP contribution >= 0.6 is 22.9 Å². The summed E-state index contributed by atoms with van der Waals surface area (Å²) in [6.45, 7) is 0. The van der Waals surface area contributed by atoms with Crippen molar-refractivity contribution in [2.75, 3.05) is 5.88 Å². The van der Waals surface area contributed by atoms with Crippen LogP contribution in [0.3, 0.4) is 0 Å². The van der Waals surface area contributed by atoms with E-state index in [4.69, 9.17) is 11.6 Å². The van der Waals surface area contributed by atoms with Crippen molar-refractivity contribution >= 4 is 22.9 Å². The van der Waals surface area contributed by atoms with Crippen LogP contribution in [-0.2, 0) is 6.42 Å². The van der Waals surface area contributed by atoms with E-state index in [9.17, 15) is 4.39 Å². The summed E-state index contributed by atoms with van der Waals surface area (Å²) >= 11 is 7.16. The van der Waals surface area contributed by atoms with Crippen LogP contribution in [0.5, 0.6) is 0 Å². The monoisotopic (exact) mass is 255 g/mol. The standard InChI is InChI=1S/C12H11ClFNS/c13-6-2-5-11-8-16-12(15-11)9-3-1-4-10(14)7-9/h1,3-4,7-8H,2,5-6H2. The quantitative estimate of drug-likeness (QED) is 0.749. The molecule has 0 aliphatic rings. The first kappa shape index (κ1) is 11.6. The fourth-order valence-electron chi connectivity index (χ4n) is 1.42. The van der Waals surface area contributed by atoms with E-state index in [1.807, 2.05) is 11.4 Å². The highest BCUT2D eigenvalue weighted by molar-refractivity contribution is 7.13. The van der Waals surface area contributed by atoms with Gasteiger partial charge in [0.25, 0.3) is 0 Å². The van der Waals surface area contributed by atoms with Crippen LogP contribution < -0.4 is 0 Å². The Kier molecular flexibility index (Phi) is 3.91. The number of rotatable bonds is 4. The molecule has 1 aromatic heterocycles. The van der Waals surface area contributed by atoms with E-state index in [0.29, 0.717) is 5.88 Å². The van der Waals surface area contributed by atoms with Crippen molar-refractivity contribution in [3.05, 3.63) is 41.2 Å². The van der Waals surface area contributed by atoms with Gasteiger partial charge in [0.1, 0.15) is 10.8 Å². The van der Waals surface area contributed by atoms with Crippen LogP contribution in [0.15, 0.2) is 29.6 Å². The first-order valence-corrected chi connectivity index (χ1v) is 6.47. The zero-order valence-electron chi connectivity index (χ0n) is 8.62. The van der Waals surface area contributed by atoms with Gasteiger partial charge in [-0.15, -0.1) is 22.9 Å². The highest BCUT2D eigenvalue weighted by Crippen LogP contribution is 2.24. The first-order chi connectivity index (χ1) is 7.79. The van der Waals surface area contributed by atoms with E-state index in [-0.39, 0.29) is 5.82 Å². The molecule has 4 heteroatoms. The Hall–Kier alpha value is -0.930. The maximum Gasteiger partial charge on any atom is 0.123 e. The van der Waals surface area contributed by atoms with Gasteiger partial charge >= 0.3 is 0 Å². The number of nitrogens with zero attached hydrogens (tertiary/aromatic N) is 1. The third-order valence-corrected chi connectivity index (χ3v) is 3.40. The second-order valence-electron chi connectivity index (χ2n) is 3.45. The van der Waals surface area contributed by atoms with E-state index >= 15 is 0 Å². The molecule has 1 nitrogen and oxygen atoms in total. The minimum atomic E-state index is -0.227. The molecular formula is C12H11ClFNS. The van der Waals surface area contributed by atoms with E-state index in [2.05, 4.69) is 4.98 Å². The lowest BCUT2D eigenvalue weighted by atomic mass is 10.2. The van der Waals surface area contributed by atoms with Gasteiger partial charge in [-0.25, -0.2) is 9.37 Å². The zero-order valence-corrected chi connectivity index (χ0v) is 10.2. The number of hydrogen-bond acceptors (Lipinski definition) is 2. The van der Waals surface area contributed by atoms with Gasteiger partial charge in [-0.3, -0.25) is 0 Å². The molecule has 0 unspecified atom stereocenters. The SMILES string of the molecule is Fc1cccc(-c2nc(CCCCl)cs2)c1. The van der Waals surface area contributed by atoms with Crippen LogP contribution in [0.4, 0.5) is 4.39 Å². The van der Waals surface area contributed by atoms with Crippen molar-refractivity contribution in [2.24, 2.45) is 0 Å². The van der Waals surface area contributed by atoms with Gasteiger partial charge in [0, 0.05) is 16.8 Å². The summed E-state index contributed by atoms with van der Waals surface area (Å²) in [4.78, 5) is 4.45. The molecule has 1 aromatic carbocycles. The fraction of sp³-hybridized carbons (Fsp3) is 0.250. The summed E-state index contributed by atoms with van der Waals surface area (Å²) in [7, 11) is 0. The van der Waals surface area contributed by atoms with Crippen LogP contribution in [0.1, 0.15) is 12.1 Å². The summed E-state index contributed by atoms with van der Waals surface area (Å²) in [5.41, 5.74) is 1.87. The van der Waals surface area contributed by atoms with Crippen molar-refractivity contribution in [1.82, 2.24) is 4.98 Å². The molecule has 84 valence electrons. The number of thiazole rings is 1. The normalized spacial score (nSPS) is 10.6. The molecule has 0 saturated heterocycles. The summed E-state index contributed by atoms with van der Waals surface area (Å²) in [5.74, 6) is 0.419. The zero-order chi connectivity index (χ0) is 11.4. The molecule has 0 fully saturated rings. The number of alkyl halides is 1. The maximum absolute atomic E-state index is 13.0. The molecule has 0 N–H and O–H groups in total. The Bertz CT molecular complexity index is 470. The van der Waals surface area contributed by atoms with Crippen molar-refractivity contribution in [1.29, 1.82) is 0 Å². The molecule has 0 saturated carbocycles. The van der Waals surface area contributed by atoms with Gasteiger partial charge in [-0.2, -0.15) is 0 Å². The smallest absolute Gasteiger partial charge is 0.123 e. The van der Waals surface area contributed by atoms with E-state index < -0.39 is 0 Å². The lowest BCUT2D eigenvalue weighted by molar-refractivity contribution is 0.628. The van der Waals surface area contributed by atoms with E-state index in [1.165, 1.54) is 12.1 Å². The molecule has 0 spiro atoms. The fourth-order valence-corrected chi connectivity index (χ4v) is 2.41. The molecule has 2 rings (SSSR count). The molecular weight excluding hydrogens is 245 g/mol. The summed E-state index contributed by atoms with van der Waals surface area (Å²) in [5, 5.41) is 2.87. The molecule has 0 radical (unpaired) electrons. The summed E-state index contributed by atoms with van der Waals surface area (Å²) in [6.07, 6.45) is 1.81. The lowest BCUT2D eigenvalue weighted by Crippen LogP contribution is -1.86. The first-order valence-electron chi connectivity index (χ1n) is 5.06. The van der Waals surface area contributed by atoms with Crippen molar-refractivity contribution in [3.8, 4) is 10.6 Å². The Balaban J connectivity index is 2.18. The third-order valence-electron chi connectivity index (χ3n) is 2.19. The Labute approximate surface area is 103 Å². The molecule has 0 bridgehead atoms. The third kappa shape index (κ3) is 2.80. The number of aryl methyl sites for hydroxylation is 1. The average Bonchev–Trinajstić information content (AvgIpc) is 2.75. The molecule has 1 heterocycles. The largest absolute Gasteiger partial charge is 0.241 e. The second-order valence-corrected chi connectivity index (χ2v) is 4.68. The second kappa shape index (κ2) is 5.41. The van der Waals surface area contributed by atoms with Gasteiger partial charge in [-0.05, 0) is 25.0 Å².